The molecule has 0 radical (unpaired) electrons. The van der Waals surface area contributed by atoms with E-state index in [1.165, 1.54) is 35.9 Å². The molecule has 0 aliphatic rings. The normalized spacial score (nSPS) is 11.9. The number of nitrogens with zero attached hydrogens (tertiary/aromatic N) is 1. The number of carboxylic acid groups (broad SMARTS) is 1. The lowest BCUT2D eigenvalue weighted by molar-refractivity contribution is -0.137. The van der Waals surface area contributed by atoms with Gasteiger partial charge in [0.1, 0.15) is 11.5 Å². The molecule has 0 aliphatic carbocycles. The van der Waals surface area contributed by atoms with E-state index in [0.717, 1.165) is 0 Å². The lowest BCUT2D eigenvalue weighted by Gasteiger charge is -2.12. The van der Waals surface area contributed by atoms with Crippen molar-refractivity contribution < 1.29 is 37.7 Å². The number of benzene rings is 2. The number of halogens is 2. The van der Waals surface area contributed by atoms with Gasteiger partial charge in [-0.25, -0.2) is 0 Å². The fourth-order valence-electron chi connectivity index (χ4n) is 3.78. The van der Waals surface area contributed by atoms with Crippen LogP contribution in [0.5, 0.6) is 11.5 Å². The van der Waals surface area contributed by atoms with Gasteiger partial charge in [-0.05, 0) is 61.9 Å². The molecule has 2 N–H and O–H groups in total. The summed E-state index contributed by atoms with van der Waals surface area (Å²) in [7, 11) is 1.50. The van der Waals surface area contributed by atoms with Crippen LogP contribution in [0.1, 0.15) is 35.0 Å². The van der Waals surface area contributed by atoms with Crippen LogP contribution in [0.2, 0.25) is 0 Å². The molecule has 0 bridgehead atoms. The number of aromatic nitrogens is 1. The maximum atomic E-state index is 13.3. The number of methoxy groups -OCH3 is 1. The van der Waals surface area contributed by atoms with E-state index in [1.54, 1.807) is 32.0 Å². The summed E-state index contributed by atoms with van der Waals surface area (Å²) in [5.74, 6) is -1.37. The summed E-state index contributed by atoms with van der Waals surface area (Å²) in [6.45, 7) is 0.317. The number of carbonyl (C=O) groups is 3. The number of carboxylic acids is 1. The van der Waals surface area contributed by atoms with E-state index >= 15 is 0 Å². The number of hydrogen-bond acceptors (Lipinski definition) is 5. The molecule has 0 saturated heterocycles. The largest absolute Gasteiger partial charge is 0.497 e. The predicted molar refractivity (Wildman–Crippen MR) is 120 cm³/mol. The number of hydrogen-bond donors (Lipinski definition) is 2. The Bertz CT molecular complexity index is 1220. The Kier molecular flexibility index (Phi) is 7.50. The summed E-state index contributed by atoms with van der Waals surface area (Å²) in [5.41, 5.74) is 1.88. The van der Waals surface area contributed by atoms with Crippen LogP contribution in [-0.2, 0) is 16.0 Å². The molecule has 1 aromatic heterocycles. The number of carbonyl (C=O) groups excluding carboxylic acids is 2. The maximum Gasteiger partial charge on any atom is 0.387 e. The molecule has 3 rings (SSSR count). The summed E-state index contributed by atoms with van der Waals surface area (Å²) in [5, 5.41) is 12.2. The average Bonchev–Trinajstić information content (AvgIpc) is 3.03. The summed E-state index contributed by atoms with van der Waals surface area (Å²) >= 11 is 0. The Hall–Kier alpha value is -3.95. The zero-order chi connectivity index (χ0) is 25.0. The van der Waals surface area contributed by atoms with E-state index in [-0.39, 0.29) is 30.1 Å². The van der Waals surface area contributed by atoms with Crippen molar-refractivity contribution in [2.45, 2.75) is 39.3 Å². The van der Waals surface area contributed by atoms with E-state index in [0.29, 0.717) is 27.9 Å². The molecule has 180 valence electrons. The molecular weight excluding hydrogens is 450 g/mol. The number of alkyl halides is 2. The molecule has 0 saturated carbocycles. The smallest absolute Gasteiger partial charge is 0.387 e. The Morgan fingerprint density at radius 2 is 1.74 bits per heavy atom. The average molecular weight is 474 g/mol. The minimum atomic E-state index is -2.97. The molecule has 1 heterocycles. The predicted octanol–water partition coefficient (Wildman–Crippen LogP) is 3.77. The second kappa shape index (κ2) is 10.3. The van der Waals surface area contributed by atoms with Gasteiger partial charge >= 0.3 is 12.6 Å². The van der Waals surface area contributed by atoms with Gasteiger partial charge in [0.25, 0.3) is 5.91 Å². The first-order chi connectivity index (χ1) is 16.1. The van der Waals surface area contributed by atoms with Crippen LogP contribution in [0.25, 0.3) is 10.9 Å². The number of rotatable bonds is 9. The molecular formula is C24H24F2N2O6. The second-order valence-corrected chi connectivity index (χ2v) is 7.73. The van der Waals surface area contributed by atoms with Gasteiger partial charge in [0.05, 0.1) is 25.5 Å². The lowest BCUT2D eigenvalue weighted by atomic mass is 10.1. The van der Waals surface area contributed by atoms with Gasteiger partial charge in [-0.3, -0.25) is 19.0 Å². The fourth-order valence-corrected chi connectivity index (χ4v) is 3.78. The van der Waals surface area contributed by atoms with Gasteiger partial charge in [0.15, 0.2) is 0 Å². The highest BCUT2D eigenvalue weighted by Gasteiger charge is 2.23. The minimum absolute atomic E-state index is 0.0711. The van der Waals surface area contributed by atoms with E-state index in [4.69, 9.17) is 9.84 Å². The highest BCUT2D eigenvalue weighted by molar-refractivity contribution is 6.05. The molecule has 0 aliphatic heterocycles. The zero-order valence-electron chi connectivity index (χ0n) is 18.8. The van der Waals surface area contributed by atoms with Gasteiger partial charge in [-0.1, -0.05) is 0 Å². The summed E-state index contributed by atoms with van der Waals surface area (Å²) in [4.78, 5) is 36.9. The van der Waals surface area contributed by atoms with E-state index < -0.39 is 24.5 Å². The molecule has 0 spiro atoms. The summed E-state index contributed by atoms with van der Waals surface area (Å²) in [6.07, 6.45) is -0.301. The Morgan fingerprint density at radius 1 is 1.09 bits per heavy atom. The van der Waals surface area contributed by atoms with Gasteiger partial charge in [0.2, 0.25) is 5.91 Å². The van der Waals surface area contributed by atoms with E-state index in [9.17, 15) is 23.2 Å². The van der Waals surface area contributed by atoms with Gasteiger partial charge in [-0.2, -0.15) is 8.78 Å². The van der Waals surface area contributed by atoms with Crippen LogP contribution in [-0.4, -0.2) is 47.2 Å². The molecule has 1 amide bonds. The zero-order valence-corrected chi connectivity index (χ0v) is 18.8. The van der Waals surface area contributed by atoms with Crippen LogP contribution < -0.4 is 14.8 Å². The fraction of sp³-hybridized carbons (Fsp3) is 0.292. The molecule has 1 atom stereocenters. The Labute approximate surface area is 194 Å². The molecule has 1 unspecified atom stereocenters. The van der Waals surface area contributed by atoms with Crippen LogP contribution >= 0.6 is 0 Å². The highest BCUT2D eigenvalue weighted by Crippen LogP contribution is 2.31. The molecule has 8 nitrogen and oxygen atoms in total. The van der Waals surface area contributed by atoms with Crippen molar-refractivity contribution in [3.8, 4) is 11.5 Å². The number of nitrogens with one attached hydrogen (secondary N) is 1. The van der Waals surface area contributed by atoms with Crippen molar-refractivity contribution >= 4 is 28.7 Å². The van der Waals surface area contributed by atoms with Crippen LogP contribution in [0.3, 0.4) is 0 Å². The number of fused-ring (bicyclic) bond motifs is 1. The summed E-state index contributed by atoms with van der Waals surface area (Å²) in [6, 6.07) is 9.86. The van der Waals surface area contributed by atoms with Gasteiger partial charge in [-0.15, -0.1) is 0 Å². The topological polar surface area (TPSA) is 107 Å². The number of aliphatic carboxylic acids is 1. The molecule has 2 aromatic carbocycles. The highest BCUT2D eigenvalue weighted by atomic mass is 19.3. The van der Waals surface area contributed by atoms with Gasteiger partial charge in [0, 0.05) is 22.7 Å². The van der Waals surface area contributed by atoms with Crippen molar-refractivity contribution in [3.63, 3.8) is 0 Å². The van der Waals surface area contributed by atoms with Crippen LogP contribution in [0, 0.1) is 6.92 Å². The first-order valence-electron chi connectivity index (χ1n) is 10.4. The van der Waals surface area contributed by atoms with Crippen molar-refractivity contribution in [2.75, 3.05) is 7.11 Å². The van der Waals surface area contributed by atoms with Crippen molar-refractivity contribution in [1.82, 2.24) is 9.88 Å². The standard InChI is InChI=1S/C24H24F2N2O6/c1-13(10-22(30)31)27-21(29)12-18-14(2)28(20-9-8-17(33-3)11-19(18)20)23(32)15-4-6-16(7-5-15)34-24(25)26/h4-9,11,13,24H,10,12H2,1-3H3,(H,27,29)(H,30,31). The first kappa shape index (κ1) is 24.7. The third-order valence-electron chi connectivity index (χ3n) is 5.30. The van der Waals surface area contributed by atoms with Crippen molar-refractivity contribution in [2.24, 2.45) is 0 Å². The molecule has 34 heavy (non-hydrogen) atoms. The number of ether oxygens (including phenoxy) is 2. The van der Waals surface area contributed by atoms with Gasteiger partial charge < -0.3 is 19.9 Å². The van der Waals surface area contributed by atoms with Crippen LogP contribution in [0.4, 0.5) is 8.78 Å². The summed E-state index contributed by atoms with van der Waals surface area (Å²) < 4.78 is 35.9. The number of amides is 1. The second-order valence-electron chi connectivity index (χ2n) is 7.73. The maximum absolute atomic E-state index is 13.3. The van der Waals surface area contributed by atoms with E-state index in [2.05, 4.69) is 10.1 Å². The van der Waals surface area contributed by atoms with Crippen LogP contribution in [0.15, 0.2) is 42.5 Å². The molecule has 3 aromatic rings. The first-order valence-corrected chi connectivity index (χ1v) is 10.4. The monoisotopic (exact) mass is 474 g/mol. The lowest BCUT2D eigenvalue weighted by Crippen LogP contribution is -2.35. The SMILES string of the molecule is COc1ccc2c(c1)c(CC(=O)NC(C)CC(=O)O)c(C)n2C(=O)c1ccc(OC(F)F)cc1. The quantitative estimate of drug-likeness (QED) is 0.489. The Morgan fingerprint density at radius 3 is 2.32 bits per heavy atom. The van der Waals surface area contributed by atoms with Crippen molar-refractivity contribution in [1.29, 1.82) is 0 Å². The molecule has 10 heteroatoms. The minimum Gasteiger partial charge on any atom is -0.497 e. The third-order valence-corrected chi connectivity index (χ3v) is 5.30. The Balaban J connectivity index is 1.99. The van der Waals surface area contributed by atoms with E-state index in [1.807, 2.05) is 0 Å². The van der Waals surface area contributed by atoms with Crippen molar-refractivity contribution in [3.05, 3.63) is 59.3 Å². The molecule has 0 fully saturated rings. The third kappa shape index (κ3) is 5.51.